The van der Waals surface area contributed by atoms with Gasteiger partial charge < -0.3 is 15.4 Å². The number of methoxy groups -OCH3 is 1. The van der Waals surface area contributed by atoms with Gasteiger partial charge in [-0.05, 0) is 31.4 Å². The van der Waals surface area contributed by atoms with Crippen LogP contribution in [0.4, 0.5) is 5.82 Å². The number of ether oxygens (including phenoxy) is 1. The van der Waals surface area contributed by atoms with Crippen LogP contribution in [0.15, 0.2) is 36.7 Å². The highest BCUT2D eigenvalue weighted by Gasteiger charge is 2.28. The molecule has 1 aromatic carbocycles. The fourth-order valence-corrected chi connectivity index (χ4v) is 3.44. The maximum absolute atomic E-state index is 12.6. The number of carbonyl (C=O) groups is 2. The number of aromatic nitrogens is 2. The third kappa shape index (κ3) is 5.03. The van der Waals surface area contributed by atoms with Crippen LogP contribution in [0, 0.1) is 5.92 Å². The van der Waals surface area contributed by atoms with Gasteiger partial charge >= 0.3 is 0 Å². The van der Waals surface area contributed by atoms with Crippen molar-refractivity contribution in [3.8, 4) is 17.0 Å². The summed E-state index contributed by atoms with van der Waals surface area (Å²) in [5.41, 5.74) is 1.59. The normalized spacial score (nSPS) is 19.2. The molecule has 0 radical (unpaired) electrons. The Morgan fingerprint density at radius 3 is 2.81 bits per heavy atom. The SMILES string of the molecule is COc1cccc(-c2cc(NC(=O)C3CCCC(NC(C)=O)C3)ncn2)c1. The van der Waals surface area contributed by atoms with Crippen LogP contribution in [-0.4, -0.2) is 34.9 Å². The molecular formula is C20H24N4O3. The second-order valence-electron chi connectivity index (χ2n) is 6.77. The molecule has 1 aromatic heterocycles. The monoisotopic (exact) mass is 368 g/mol. The molecule has 2 aromatic rings. The van der Waals surface area contributed by atoms with Gasteiger partial charge in [0.2, 0.25) is 11.8 Å². The Morgan fingerprint density at radius 2 is 2.04 bits per heavy atom. The third-order valence-electron chi connectivity index (χ3n) is 4.74. The number of rotatable bonds is 5. The van der Waals surface area contributed by atoms with Crippen molar-refractivity contribution in [2.24, 2.45) is 5.92 Å². The fraction of sp³-hybridized carbons (Fsp3) is 0.400. The van der Waals surface area contributed by atoms with E-state index in [4.69, 9.17) is 4.74 Å². The lowest BCUT2D eigenvalue weighted by molar-refractivity contribution is -0.123. The first-order chi connectivity index (χ1) is 13.0. The van der Waals surface area contributed by atoms with Gasteiger partial charge in [0.15, 0.2) is 0 Å². The van der Waals surface area contributed by atoms with E-state index in [1.165, 1.54) is 13.3 Å². The van der Waals surface area contributed by atoms with Crippen LogP contribution in [0.2, 0.25) is 0 Å². The van der Waals surface area contributed by atoms with Crippen molar-refractivity contribution < 1.29 is 14.3 Å². The first kappa shape index (κ1) is 18.8. The van der Waals surface area contributed by atoms with Crippen molar-refractivity contribution >= 4 is 17.6 Å². The van der Waals surface area contributed by atoms with Crippen molar-refractivity contribution in [2.75, 3.05) is 12.4 Å². The summed E-state index contributed by atoms with van der Waals surface area (Å²) in [5.74, 6) is 0.948. The first-order valence-corrected chi connectivity index (χ1v) is 9.09. The molecule has 7 heteroatoms. The van der Waals surface area contributed by atoms with Gasteiger partial charge in [0.25, 0.3) is 0 Å². The van der Waals surface area contributed by atoms with Gasteiger partial charge in [-0.15, -0.1) is 0 Å². The van der Waals surface area contributed by atoms with Gasteiger partial charge in [0.05, 0.1) is 12.8 Å². The Labute approximate surface area is 158 Å². The number of nitrogens with zero attached hydrogens (tertiary/aromatic N) is 2. The molecule has 1 aliphatic carbocycles. The zero-order valence-electron chi connectivity index (χ0n) is 15.6. The van der Waals surface area contributed by atoms with E-state index in [9.17, 15) is 9.59 Å². The van der Waals surface area contributed by atoms with E-state index in [0.29, 0.717) is 17.9 Å². The molecule has 142 valence electrons. The van der Waals surface area contributed by atoms with Gasteiger partial charge in [-0.1, -0.05) is 18.6 Å². The molecule has 2 N–H and O–H groups in total. The Kier molecular flexibility index (Phi) is 6.01. The number of amides is 2. The second kappa shape index (κ2) is 8.62. The molecule has 0 saturated heterocycles. The second-order valence-corrected chi connectivity index (χ2v) is 6.77. The molecule has 2 amide bonds. The molecule has 1 aliphatic rings. The topological polar surface area (TPSA) is 93.2 Å². The predicted molar refractivity (Wildman–Crippen MR) is 102 cm³/mol. The summed E-state index contributed by atoms with van der Waals surface area (Å²) in [7, 11) is 1.61. The number of hydrogen-bond donors (Lipinski definition) is 2. The van der Waals surface area contributed by atoms with E-state index in [2.05, 4.69) is 20.6 Å². The van der Waals surface area contributed by atoms with Crippen LogP contribution < -0.4 is 15.4 Å². The van der Waals surface area contributed by atoms with Crippen LogP contribution in [0.5, 0.6) is 5.75 Å². The highest BCUT2D eigenvalue weighted by Crippen LogP contribution is 2.27. The quantitative estimate of drug-likeness (QED) is 0.846. The molecule has 1 fully saturated rings. The predicted octanol–water partition coefficient (Wildman–Crippen LogP) is 2.79. The average molecular weight is 368 g/mol. The zero-order valence-corrected chi connectivity index (χ0v) is 15.6. The van der Waals surface area contributed by atoms with E-state index >= 15 is 0 Å². The Balaban J connectivity index is 1.68. The molecule has 0 aliphatic heterocycles. The average Bonchev–Trinajstić information content (AvgIpc) is 2.68. The summed E-state index contributed by atoms with van der Waals surface area (Å²) in [6.07, 6.45) is 4.74. The lowest BCUT2D eigenvalue weighted by atomic mass is 9.85. The smallest absolute Gasteiger partial charge is 0.228 e. The molecule has 0 spiro atoms. The molecule has 27 heavy (non-hydrogen) atoms. The molecule has 1 heterocycles. The number of anilines is 1. The highest BCUT2D eigenvalue weighted by molar-refractivity contribution is 5.92. The number of hydrogen-bond acceptors (Lipinski definition) is 5. The van der Waals surface area contributed by atoms with E-state index in [1.807, 2.05) is 24.3 Å². The van der Waals surface area contributed by atoms with Crippen LogP contribution in [0.1, 0.15) is 32.6 Å². The van der Waals surface area contributed by atoms with E-state index in [0.717, 1.165) is 30.6 Å². The van der Waals surface area contributed by atoms with E-state index in [1.54, 1.807) is 13.2 Å². The minimum atomic E-state index is -0.133. The molecule has 3 rings (SSSR count). The number of nitrogens with one attached hydrogen (secondary N) is 2. The van der Waals surface area contributed by atoms with Gasteiger partial charge in [-0.3, -0.25) is 9.59 Å². The molecule has 7 nitrogen and oxygen atoms in total. The summed E-state index contributed by atoms with van der Waals surface area (Å²) in [5, 5.41) is 5.81. The minimum absolute atomic E-state index is 0.0558. The molecule has 0 bridgehead atoms. The van der Waals surface area contributed by atoms with E-state index < -0.39 is 0 Å². The van der Waals surface area contributed by atoms with Crippen molar-refractivity contribution in [1.82, 2.24) is 15.3 Å². The third-order valence-corrected chi connectivity index (χ3v) is 4.74. The highest BCUT2D eigenvalue weighted by atomic mass is 16.5. The van der Waals surface area contributed by atoms with Crippen LogP contribution in [0.25, 0.3) is 11.3 Å². The standard InChI is InChI=1S/C20H24N4O3/c1-13(25)23-16-7-3-6-15(9-16)20(26)24-19-11-18(21-12-22-19)14-5-4-8-17(10-14)27-2/h4-5,8,10-12,15-16H,3,6-7,9H2,1-2H3,(H,23,25)(H,21,22,24,26). The van der Waals surface area contributed by atoms with Crippen molar-refractivity contribution in [2.45, 2.75) is 38.6 Å². The fourth-order valence-electron chi connectivity index (χ4n) is 3.44. The molecule has 2 atom stereocenters. The number of benzene rings is 1. The summed E-state index contributed by atoms with van der Waals surface area (Å²) in [6.45, 7) is 1.50. The van der Waals surface area contributed by atoms with Crippen molar-refractivity contribution in [1.29, 1.82) is 0 Å². The zero-order chi connectivity index (χ0) is 19.2. The van der Waals surface area contributed by atoms with Crippen LogP contribution in [0.3, 0.4) is 0 Å². The summed E-state index contributed by atoms with van der Waals surface area (Å²) >= 11 is 0. The Bertz CT molecular complexity index is 824. The van der Waals surface area contributed by atoms with Gasteiger partial charge in [-0.2, -0.15) is 0 Å². The molecule has 2 unspecified atom stereocenters. The molecular weight excluding hydrogens is 344 g/mol. The lowest BCUT2D eigenvalue weighted by Crippen LogP contribution is -2.40. The summed E-state index contributed by atoms with van der Waals surface area (Å²) < 4.78 is 5.24. The summed E-state index contributed by atoms with van der Waals surface area (Å²) in [4.78, 5) is 32.4. The van der Waals surface area contributed by atoms with Crippen LogP contribution >= 0.6 is 0 Å². The first-order valence-electron chi connectivity index (χ1n) is 9.09. The van der Waals surface area contributed by atoms with Crippen LogP contribution in [-0.2, 0) is 9.59 Å². The maximum Gasteiger partial charge on any atom is 0.228 e. The van der Waals surface area contributed by atoms with E-state index in [-0.39, 0.29) is 23.8 Å². The Morgan fingerprint density at radius 1 is 1.19 bits per heavy atom. The maximum atomic E-state index is 12.6. The summed E-state index contributed by atoms with van der Waals surface area (Å²) in [6, 6.07) is 9.37. The van der Waals surface area contributed by atoms with Crippen molar-refractivity contribution in [3.63, 3.8) is 0 Å². The lowest BCUT2D eigenvalue weighted by Gasteiger charge is -2.28. The van der Waals surface area contributed by atoms with Gasteiger partial charge in [0.1, 0.15) is 17.9 Å². The molecule has 1 saturated carbocycles. The largest absolute Gasteiger partial charge is 0.497 e. The minimum Gasteiger partial charge on any atom is -0.497 e. The van der Waals surface area contributed by atoms with Crippen molar-refractivity contribution in [3.05, 3.63) is 36.7 Å². The Hall–Kier alpha value is -2.96. The van der Waals surface area contributed by atoms with Gasteiger partial charge in [-0.25, -0.2) is 9.97 Å². The van der Waals surface area contributed by atoms with Gasteiger partial charge in [0, 0.05) is 30.5 Å². The number of carbonyl (C=O) groups excluding carboxylic acids is 2.